The molecule has 0 spiro atoms. The van der Waals surface area contributed by atoms with Crippen molar-refractivity contribution in [3.63, 3.8) is 0 Å². The van der Waals surface area contributed by atoms with Crippen LogP contribution in [0.4, 0.5) is 0 Å². The van der Waals surface area contributed by atoms with Crippen LogP contribution in [0.1, 0.15) is 5.56 Å². The van der Waals surface area contributed by atoms with E-state index in [9.17, 15) is 0 Å². The maximum absolute atomic E-state index is 5.43. The summed E-state index contributed by atoms with van der Waals surface area (Å²) in [6, 6.07) is 6.01. The zero-order valence-corrected chi connectivity index (χ0v) is 9.30. The van der Waals surface area contributed by atoms with Gasteiger partial charge >= 0.3 is 0 Å². The molecule has 0 aliphatic carbocycles. The first-order valence-corrected chi connectivity index (χ1v) is 5.02. The molecular formula is C10H10BrNO2. The molecule has 0 fully saturated rings. The highest BCUT2D eigenvalue weighted by Gasteiger charge is 2.06. The Morgan fingerprint density at radius 3 is 3.14 bits per heavy atom. The molecule has 0 aliphatic heterocycles. The van der Waals surface area contributed by atoms with Crippen LogP contribution in [0, 0.1) is 0 Å². The van der Waals surface area contributed by atoms with Gasteiger partial charge in [-0.2, -0.15) is 5.48 Å². The first-order valence-electron chi connectivity index (χ1n) is 4.23. The molecule has 0 amide bonds. The molecule has 0 saturated carbocycles. The third-order valence-electron chi connectivity index (χ3n) is 2.04. The van der Waals surface area contributed by atoms with Crippen molar-refractivity contribution < 1.29 is 9.25 Å². The van der Waals surface area contributed by atoms with Crippen LogP contribution in [-0.2, 0) is 11.4 Å². The summed E-state index contributed by atoms with van der Waals surface area (Å²) in [5, 5.41) is 1.08. The first-order chi connectivity index (χ1) is 6.83. The number of hydrogen-bond acceptors (Lipinski definition) is 3. The lowest BCUT2D eigenvalue weighted by Gasteiger charge is -2.02. The normalized spacial score (nSPS) is 11.0. The maximum Gasteiger partial charge on any atom is 0.139 e. The fourth-order valence-electron chi connectivity index (χ4n) is 1.38. The Kier molecular flexibility index (Phi) is 2.86. The fraction of sp³-hybridized carbons (Fsp3) is 0.200. The van der Waals surface area contributed by atoms with Gasteiger partial charge in [-0.25, -0.2) is 0 Å². The van der Waals surface area contributed by atoms with Gasteiger partial charge in [-0.1, -0.05) is 12.1 Å². The largest absolute Gasteiger partial charge is 0.463 e. The van der Waals surface area contributed by atoms with Gasteiger partial charge in [0.15, 0.2) is 0 Å². The molecule has 1 aromatic carbocycles. The van der Waals surface area contributed by atoms with E-state index in [-0.39, 0.29) is 0 Å². The van der Waals surface area contributed by atoms with Gasteiger partial charge in [-0.05, 0) is 22.0 Å². The van der Waals surface area contributed by atoms with Crippen molar-refractivity contribution in [2.45, 2.75) is 6.54 Å². The quantitative estimate of drug-likeness (QED) is 0.857. The van der Waals surface area contributed by atoms with Crippen LogP contribution >= 0.6 is 15.9 Å². The third kappa shape index (κ3) is 1.68. The zero-order valence-electron chi connectivity index (χ0n) is 7.71. The molecule has 0 aliphatic rings. The van der Waals surface area contributed by atoms with Crippen LogP contribution in [0.3, 0.4) is 0 Å². The average molecular weight is 256 g/mol. The topological polar surface area (TPSA) is 34.4 Å². The first kappa shape index (κ1) is 9.71. The van der Waals surface area contributed by atoms with Crippen molar-refractivity contribution in [2.24, 2.45) is 0 Å². The Morgan fingerprint density at radius 2 is 2.36 bits per heavy atom. The lowest BCUT2D eigenvalue weighted by atomic mass is 10.1. The summed E-state index contributed by atoms with van der Waals surface area (Å²) in [4.78, 5) is 4.80. The van der Waals surface area contributed by atoms with Gasteiger partial charge in [0.1, 0.15) is 11.8 Å². The summed E-state index contributed by atoms with van der Waals surface area (Å²) >= 11 is 3.42. The molecule has 74 valence electrons. The number of nitrogens with one attached hydrogen (secondary N) is 1. The van der Waals surface area contributed by atoms with Crippen LogP contribution in [0.2, 0.25) is 0 Å². The van der Waals surface area contributed by atoms with Gasteiger partial charge in [0.25, 0.3) is 0 Å². The Hall–Kier alpha value is -0.840. The van der Waals surface area contributed by atoms with Crippen molar-refractivity contribution in [1.82, 2.24) is 5.48 Å². The number of halogens is 1. The fourth-order valence-corrected chi connectivity index (χ4v) is 1.78. The second kappa shape index (κ2) is 4.13. The van der Waals surface area contributed by atoms with E-state index < -0.39 is 0 Å². The Morgan fingerprint density at radius 1 is 1.50 bits per heavy atom. The molecule has 14 heavy (non-hydrogen) atoms. The smallest absolute Gasteiger partial charge is 0.139 e. The van der Waals surface area contributed by atoms with Crippen LogP contribution in [0.15, 0.2) is 33.4 Å². The molecule has 0 unspecified atom stereocenters. The lowest BCUT2D eigenvalue weighted by molar-refractivity contribution is 0.0868. The second-order valence-electron chi connectivity index (χ2n) is 2.90. The number of furan rings is 1. The molecule has 2 aromatic rings. The molecule has 2 rings (SSSR count). The number of benzene rings is 1. The standard InChI is InChI=1S/C10H10BrNO2/c1-13-12-5-7-3-2-4-8-9(11)6-14-10(7)8/h2-4,6,12H,5H2,1H3. The number of fused-ring (bicyclic) bond motifs is 1. The summed E-state index contributed by atoms with van der Waals surface area (Å²) in [6.07, 6.45) is 1.70. The van der Waals surface area contributed by atoms with Gasteiger partial charge in [0.2, 0.25) is 0 Å². The molecule has 0 radical (unpaired) electrons. The number of hydrogen-bond donors (Lipinski definition) is 1. The van der Waals surface area contributed by atoms with Crippen molar-refractivity contribution in [3.05, 3.63) is 34.5 Å². The van der Waals surface area contributed by atoms with Gasteiger partial charge in [-0.15, -0.1) is 0 Å². The van der Waals surface area contributed by atoms with Crippen LogP contribution in [0.5, 0.6) is 0 Å². The van der Waals surface area contributed by atoms with E-state index in [0.717, 1.165) is 21.0 Å². The number of hydroxylamine groups is 1. The van der Waals surface area contributed by atoms with Gasteiger partial charge in [0, 0.05) is 17.5 Å². The highest BCUT2D eigenvalue weighted by atomic mass is 79.9. The Balaban J connectivity index is 2.44. The van der Waals surface area contributed by atoms with E-state index in [2.05, 4.69) is 21.4 Å². The minimum Gasteiger partial charge on any atom is -0.463 e. The van der Waals surface area contributed by atoms with Gasteiger partial charge < -0.3 is 9.25 Å². The van der Waals surface area contributed by atoms with Gasteiger partial charge in [-0.3, -0.25) is 0 Å². The summed E-state index contributed by atoms with van der Waals surface area (Å²) in [7, 11) is 1.60. The predicted octanol–water partition coefficient (Wildman–Crippen LogP) is 2.85. The van der Waals surface area contributed by atoms with E-state index >= 15 is 0 Å². The summed E-state index contributed by atoms with van der Waals surface area (Å²) in [5.41, 5.74) is 4.76. The monoisotopic (exact) mass is 255 g/mol. The van der Waals surface area contributed by atoms with E-state index in [4.69, 9.17) is 9.25 Å². The molecule has 3 nitrogen and oxygen atoms in total. The second-order valence-corrected chi connectivity index (χ2v) is 3.76. The van der Waals surface area contributed by atoms with Crippen LogP contribution in [-0.4, -0.2) is 7.11 Å². The maximum atomic E-state index is 5.43. The summed E-state index contributed by atoms with van der Waals surface area (Å²) < 4.78 is 6.41. The van der Waals surface area contributed by atoms with E-state index in [1.807, 2.05) is 18.2 Å². The highest BCUT2D eigenvalue weighted by molar-refractivity contribution is 9.10. The number of rotatable bonds is 3. The minimum atomic E-state index is 0.633. The Labute approximate surface area is 90.1 Å². The minimum absolute atomic E-state index is 0.633. The van der Waals surface area contributed by atoms with Crippen molar-refractivity contribution in [1.29, 1.82) is 0 Å². The van der Waals surface area contributed by atoms with E-state index in [1.54, 1.807) is 13.4 Å². The molecule has 1 aromatic heterocycles. The van der Waals surface area contributed by atoms with Gasteiger partial charge in [0.05, 0.1) is 11.6 Å². The van der Waals surface area contributed by atoms with Crippen molar-refractivity contribution in [3.8, 4) is 0 Å². The molecule has 0 saturated heterocycles. The Bertz CT molecular complexity index is 439. The van der Waals surface area contributed by atoms with E-state index in [1.165, 1.54) is 0 Å². The summed E-state index contributed by atoms with van der Waals surface area (Å²) in [6.45, 7) is 0.633. The average Bonchev–Trinajstić information content (AvgIpc) is 2.58. The lowest BCUT2D eigenvalue weighted by Crippen LogP contribution is -2.10. The van der Waals surface area contributed by atoms with Crippen molar-refractivity contribution >= 4 is 26.9 Å². The SMILES string of the molecule is CONCc1cccc2c(Br)coc12. The van der Waals surface area contributed by atoms with Crippen LogP contribution < -0.4 is 5.48 Å². The number of para-hydroxylation sites is 1. The molecule has 1 N–H and O–H groups in total. The highest BCUT2D eigenvalue weighted by Crippen LogP contribution is 2.28. The molecule has 4 heteroatoms. The molecular weight excluding hydrogens is 246 g/mol. The third-order valence-corrected chi connectivity index (χ3v) is 2.66. The zero-order chi connectivity index (χ0) is 9.97. The molecule has 1 heterocycles. The van der Waals surface area contributed by atoms with Crippen molar-refractivity contribution in [2.75, 3.05) is 7.11 Å². The predicted molar refractivity (Wildman–Crippen MR) is 57.8 cm³/mol. The summed E-state index contributed by atoms with van der Waals surface area (Å²) in [5.74, 6) is 0. The van der Waals surface area contributed by atoms with Crippen LogP contribution in [0.25, 0.3) is 11.0 Å². The van der Waals surface area contributed by atoms with E-state index in [0.29, 0.717) is 6.54 Å². The molecule has 0 atom stereocenters. The molecule has 0 bridgehead atoms.